The largest absolute Gasteiger partial charge is 0.166 e. The van der Waals surface area contributed by atoms with Crippen LogP contribution in [0.15, 0.2) is 94.7 Å². The zero-order chi connectivity index (χ0) is 13.5. The van der Waals surface area contributed by atoms with Crippen LogP contribution in [-0.2, 0) is 10.9 Å². The van der Waals surface area contributed by atoms with Crippen LogP contribution in [0.25, 0.3) is 0 Å². The van der Waals surface area contributed by atoms with Crippen molar-refractivity contribution in [2.24, 2.45) is 0 Å². The summed E-state index contributed by atoms with van der Waals surface area (Å²) in [5.74, 6) is 0. The van der Waals surface area contributed by atoms with E-state index in [1.165, 1.54) is 14.7 Å². The second-order valence-electron chi connectivity index (χ2n) is 4.21. The van der Waals surface area contributed by atoms with Crippen molar-refractivity contribution in [1.82, 2.24) is 0 Å². The minimum Gasteiger partial charge on any atom is -0.0989 e. The number of hydrogen-bond donors (Lipinski definition) is 0. The van der Waals surface area contributed by atoms with Gasteiger partial charge in [-0.2, -0.15) is 0 Å². The zero-order valence-corrected chi connectivity index (χ0v) is 11.9. The van der Waals surface area contributed by atoms with Crippen molar-refractivity contribution in [1.29, 1.82) is 0 Å². The summed E-state index contributed by atoms with van der Waals surface area (Å²) in [4.78, 5) is 3.93. The molecule has 0 fully saturated rings. The van der Waals surface area contributed by atoms with Crippen molar-refractivity contribution in [3.8, 4) is 0 Å². The topological polar surface area (TPSA) is 0 Å². The first-order valence-corrected chi connectivity index (χ1v) is 7.70. The lowest BCUT2D eigenvalue weighted by Crippen LogP contribution is -2.08. The molecule has 1 aromatic carbocycles. The number of benzene rings is 1. The molecule has 96 valence electrons. The molecule has 0 N–H and O–H groups in total. The molecule has 1 heteroatoms. The normalized spacial score (nSPS) is 16.6. The predicted molar refractivity (Wildman–Crippen MR) is 87.0 cm³/mol. The van der Waals surface area contributed by atoms with Crippen LogP contribution in [0.1, 0.15) is 12.8 Å². The van der Waals surface area contributed by atoms with E-state index < -0.39 is 0 Å². The quantitative estimate of drug-likeness (QED) is 0.511. The molecule has 2 rings (SSSR count). The van der Waals surface area contributed by atoms with E-state index in [-0.39, 0.29) is 10.9 Å². The number of rotatable bonds is 5. The van der Waals surface area contributed by atoms with E-state index in [9.17, 15) is 0 Å². The van der Waals surface area contributed by atoms with Crippen molar-refractivity contribution in [3.63, 3.8) is 0 Å². The Balaban J connectivity index is 2.47. The standard InChI is InChI=1S/C18H19S/c1-3-11-16(4-2)19(17-12-7-5-8-13-17)18-14-9-6-10-15-18/h3-5,7-9,11-15H,1-2,6,10H2/q+1/b16-11+. The van der Waals surface area contributed by atoms with E-state index in [0.717, 1.165) is 12.8 Å². The van der Waals surface area contributed by atoms with Gasteiger partial charge in [-0.05, 0) is 49.3 Å². The Morgan fingerprint density at radius 3 is 2.47 bits per heavy atom. The first-order valence-electron chi connectivity index (χ1n) is 6.48. The highest BCUT2D eigenvalue weighted by Gasteiger charge is 2.30. The predicted octanol–water partition coefficient (Wildman–Crippen LogP) is 5.15. The Morgan fingerprint density at radius 2 is 1.89 bits per heavy atom. The first-order chi connectivity index (χ1) is 9.36. The number of hydrogen-bond acceptors (Lipinski definition) is 0. The summed E-state index contributed by atoms with van der Waals surface area (Å²) in [6.07, 6.45) is 15.0. The Morgan fingerprint density at radius 1 is 1.11 bits per heavy atom. The van der Waals surface area contributed by atoms with Crippen LogP contribution in [0.2, 0.25) is 0 Å². The summed E-state index contributed by atoms with van der Waals surface area (Å²) in [5.41, 5.74) is 0. The molecule has 0 amide bonds. The van der Waals surface area contributed by atoms with Gasteiger partial charge < -0.3 is 0 Å². The SMILES string of the molecule is C=C/C=C(\C=C)[S+](C1=CCCC=C1)c1ccccc1. The van der Waals surface area contributed by atoms with Crippen LogP contribution in [0.4, 0.5) is 0 Å². The fourth-order valence-electron chi connectivity index (χ4n) is 2.04. The van der Waals surface area contributed by atoms with Crippen molar-refractivity contribution < 1.29 is 0 Å². The van der Waals surface area contributed by atoms with Crippen LogP contribution in [0.5, 0.6) is 0 Å². The van der Waals surface area contributed by atoms with E-state index in [0.29, 0.717) is 0 Å². The Hall–Kier alpha value is -1.73. The van der Waals surface area contributed by atoms with Crippen molar-refractivity contribution in [2.75, 3.05) is 0 Å². The molecule has 0 saturated heterocycles. The minimum absolute atomic E-state index is 0.0659. The highest BCUT2D eigenvalue weighted by molar-refractivity contribution is 8.04. The van der Waals surface area contributed by atoms with Gasteiger partial charge in [-0.1, -0.05) is 43.5 Å². The van der Waals surface area contributed by atoms with Crippen LogP contribution >= 0.6 is 0 Å². The summed E-state index contributed by atoms with van der Waals surface area (Å²) in [6.45, 7) is 7.77. The van der Waals surface area contributed by atoms with Gasteiger partial charge in [0.15, 0.2) is 14.7 Å². The van der Waals surface area contributed by atoms with E-state index in [1.54, 1.807) is 0 Å². The molecule has 0 aromatic heterocycles. The highest BCUT2D eigenvalue weighted by Crippen LogP contribution is 2.32. The maximum absolute atomic E-state index is 3.96. The molecule has 1 atom stereocenters. The van der Waals surface area contributed by atoms with E-state index in [1.807, 2.05) is 12.2 Å². The average Bonchev–Trinajstić information content (AvgIpc) is 2.49. The fourth-order valence-corrected chi connectivity index (χ4v) is 4.20. The van der Waals surface area contributed by atoms with Crippen LogP contribution < -0.4 is 0 Å². The molecule has 19 heavy (non-hydrogen) atoms. The zero-order valence-electron chi connectivity index (χ0n) is 11.1. The molecule has 0 bridgehead atoms. The lowest BCUT2D eigenvalue weighted by atomic mass is 10.2. The molecule has 1 aromatic rings. The van der Waals surface area contributed by atoms with Crippen molar-refractivity contribution >= 4 is 10.9 Å². The summed E-state index contributed by atoms with van der Waals surface area (Å²) in [5, 5.41) is 0. The van der Waals surface area contributed by atoms with Gasteiger partial charge in [-0.15, -0.1) is 0 Å². The molecule has 1 aliphatic rings. The van der Waals surface area contributed by atoms with Gasteiger partial charge in [0.05, 0.1) is 10.9 Å². The van der Waals surface area contributed by atoms with Crippen LogP contribution in [0.3, 0.4) is 0 Å². The lowest BCUT2D eigenvalue weighted by molar-refractivity contribution is 1.03. The van der Waals surface area contributed by atoms with Gasteiger partial charge >= 0.3 is 0 Å². The second kappa shape index (κ2) is 7.01. The molecule has 0 saturated carbocycles. The molecule has 0 spiro atoms. The summed E-state index contributed by atoms with van der Waals surface area (Å²) in [6, 6.07) is 10.6. The third kappa shape index (κ3) is 3.39. The maximum atomic E-state index is 3.96. The first kappa shape index (κ1) is 13.7. The average molecular weight is 267 g/mol. The van der Waals surface area contributed by atoms with Gasteiger partial charge in [-0.3, -0.25) is 0 Å². The molecule has 1 aliphatic carbocycles. The van der Waals surface area contributed by atoms with Gasteiger partial charge in [0.1, 0.15) is 0 Å². The summed E-state index contributed by atoms with van der Waals surface area (Å²) in [7, 11) is -0.0659. The van der Waals surface area contributed by atoms with Gasteiger partial charge in [-0.25, -0.2) is 0 Å². The van der Waals surface area contributed by atoms with Gasteiger partial charge in [0, 0.05) is 0 Å². The van der Waals surface area contributed by atoms with Crippen molar-refractivity contribution in [3.05, 3.63) is 89.8 Å². The van der Waals surface area contributed by atoms with Crippen molar-refractivity contribution in [2.45, 2.75) is 17.7 Å². The molecular weight excluding hydrogens is 248 g/mol. The lowest BCUT2D eigenvalue weighted by Gasteiger charge is -2.11. The molecule has 0 radical (unpaired) electrons. The Bertz CT molecular complexity index is 532. The highest BCUT2D eigenvalue weighted by atomic mass is 32.2. The van der Waals surface area contributed by atoms with E-state index >= 15 is 0 Å². The van der Waals surface area contributed by atoms with E-state index in [4.69, 9.17) is 0 Å². The molecule has 0 nitrogen and oxygen atoms in total. The van der Waals surface area contributed by atoms with Crippen LogP contribution in [0, 0.1) is 0 Å². The summed E-state index contributed by atoms with van der Waals surface area (Å²) >= 11 is 0. The smallest absolute Gasteiger partial charge is 0.0989 e. The monoisotopic (exact) mass is 267 g/mol. The molecule has 0 aliphatic heterocycles. The third-order valence-electron chi connectivity index (χ3n) is 2.89. The maximum Gasteiger partial charge on any atom is 0.166 e. The fraction of sp³-hybridized carbons (Fsp3) is 0.111. The van der Waals surface area contributed by atoms with Gasteiger partial charge in [0.2, 0.25) is 0 Å². The number of allylic oxidation sites excluding steroid dienone is 6. The van der Waals surface area contributed by atoms with Gasteiger partial charge in [0.25, 0.3) is 0 Å². The Labute approximate surface area is 118 Å². The molecular formula is C18H19S+. The minimum atomic E-state index is -0.0659. The molecule has 0 heterocycles. The van der Waals surface area contributed by atoms with Crippen LogP contribution in [-0.4, -0.2) is 0 Å². The second-order valence-corrected chi connectivity index (χ2v) is 6.24. The molecule has 1 unspecified atom stereocenters. The third-order valence-corrected chi connectivity index (χ3v) is 5.19. The van der Waals surface area contributed by atoms with E-state index in [2.05, 4.69) is 67.8 Å². The summed E-state index contributed by atoms with van der Waals surface area (Å²) < 4.78 is 0. The Kier molecular flexibility index (Phi) is 5.05.